The van der Waals surface area contributed by atoms with Crippen molar-refractivity contribution in [3.63, 3.8) is 0 Å². The molecule has 0 amide bonds. The molecule has 2 heteroatoms. The van der Waals surface area contributed by atoms with Gasteiger partial charge in [-0.3, -0.25) is 0 Å². The largest absolute Gasteiger partial charge is 0.363 e. The molecule has 15 heavy (non-hydrogen) atoms. The van der Waals surface area contributed by atoms with Gasteiger partial charge in [-0.1, -0.05) is 12.1 Å². The fourth-order valence-electron chi connectivity index (χ4n) is 2.96. The molecule has 2 atom stereocenters. The maximum atomic E-state index is 3.51. The number of fused-ring (bicyclic) bond motifs is 3. The molecule has 3 rings (SSSR count). The molecule has 0 radical (unpaired) electrons. The normalized spacial score (nSPS) is 28.8. The van der Waals surface area contributed by atoms with Crippen molar-refractivity contribution in [2.24, 2.45) is 0 Å². The summed E-state index contributed by atoms with van der Waals surface area (Å²) in [4.78, 5) is 2.61. The standard InChI is InChI=1S/C13H18N2/c1-9-3-4-11-6-12-8-14-7-10(2)15(12)13(11)5-9/h3-5,10,12,14H,6-8H2,1-2H3. The molecule has 2 aliphatic rings. The lowest BCUT2D eigenvalue weighted by Gasteiger charge is -2.38. The van der Waals surface area contributed by atoms with Crippen molar-refractivity contribution in [3.8, 4) is 0 Å². The minimum Gasteiger partial charge on any atom is -0.363 e. The van der Waals surface area contributed by atoms with Crippen LogP contribution in [0, 0.1) is 6.92 Å². The van der Waals surface area contributed by atoms with Gasteiger partial charge in [0.1, 0.15) is 0 Å². The Hall–Kier alpha value is -1.02. The Balaban J connectivity index is 2.04. The van der Waals surface area contributed by atoms with Crippen LogP contribution in [0.5, 0.6) is 0 Å². The third kappa shape index (κ3) is 1.36. The molecule has 0 spiro atoms. The molecule has 2 aliphatic heterocycles. The van der Waals surface area contributed by atoms with Crippen LogP contribution >= 0.6 is 0 Å². The van der Waals surface area contributed by atoms with Gasteiger partial charge in [-0.15, -0.1) is 0 Å². The van der Waals surface area contributed by atoms with Gasteiger partial charge in [-0.25, -0.2) is 0 Å². The first-order valence-corrected chi connectivity index (χ1v) is 5.84. The van der Waals surface area contributed by atoms with Gasteiger partial charge in [-0.2, -0.15) is 0 Å². The van der Waals surface area contributed by atoms with E-state index in [-0.39, 0.29) is 0 Å². The van der Waals surface area contributed by atoms with E-state index < -0.39 is 0 Å². The van der Waals surface area contributed by atoms with Crippen LogP contribution in [0.25, 0.3) is 0 Å². The van der Waals surface area contributed by atoms with Crippen LogP contribution in [0.2, 0.25) is 0 Å². The van der Waals surface area contributed by atoms with E-state index in [9.17, 15) is 0 Å². The smallest absolute Gasteiger partial charge is 0.0459 e. The van der Waals surface area contributed by atoms with Crippen molar-refractivity contribution in [1.82, 2.24) is 5.32 Å². The fraction of sp³-hybridized carbons (Fsp3) is 0.538. The van der Waals surface area contributed by atoms with Crippen LogP contribution < -0.4 is 10.2 Å². The number of benzene rings is 1. The SMILES string of the molecule is Cc1ccc2c(c1)N1C(C)CNCC1C2. The zero-order chi connectivity index (χ0) is 10.4. The molecule has 2 heterocycles. The van der Waals surface area contributed by atoms with Crippen LogP contribution in [0.3, 0.4) is 0 Å². The van der Waals surface area contributed by atoms with E-state index in [1.54, 1.807) is 0 Å². The number of nitrogens with zero attached hydrogens (tertiary/aromatic N) is 1. The Bertz CT molecular complexity index is 386. The van der Waals surface area contributed by atoms with Crippen molar-refractivity contribution in [2.75, 3.05) is 18.0 Å². The highest BCUT2D eigenvalue weighted by Crippen LogP contribution is 2.35. The third-order valence-corrected chi connectivity index (χ3v) is 3.66. The Kier molecular flexibility index (Phi) is 1.99. The number of anilines is 1. The van der Waals surface area contributed by atoms with Crippen molar-refractivity contribution < 1.29 is 0 Å². The Morgan fingerprint density at radius 1 is 1.33 bits per heavy atom. The molecule has 2 unspecified atom stereocenters. The summed E-state index contributed by atoms with van der Waals surface area (Å²) in [6, 6.07) is 8.19. The molecule has 0 aliphatic carbocycles. The summed E-state index contributed by atoms with van der Waals surface area (Å²) in [6.07, 6.45) is 1.22. The molecular weight excluding hydrogens is 184 g/mol. The second kappa shape index (κ2) is 3.24. The quantitative estimate of drug-likeness (QED) is 0.689. The van der Waals surface area contributed by atoms with Crippen molar-refractivity contribution >= 4 is 5.69 Å². The summed E-state index contributed by atoms with van der Waals surface area (Å²) in [6.45, 7) is 6.75. The first-order chi connectivity index (χ1) is 7.25. The number of nitrogens with one attached hydrogen (secondary N) is 1. The van der Waals surface area contributed by atoms with Crippen LogP contribution in [0.4, 0.5) is 5.69 Å². The van der Waals surface area contributed by atoms with E-state index in [0.717, 1.165) is 13.1 Å². The molecule has 1 saturated heterocycles. The van der Waals surface area contributed by atoms with E-state index in [4.69, 9.17) is 0 Å². The minimum absolute atomic E-state index is 0.631. The monoisotopic (exact) mass is 202 g/mol. The lowest BCUT2D eigenvalue weighted by molar-refractivity contribution is 0.430. The summed E-state index contributed by atoms with van der Waals surface area (Å²) in [5, 5.41) is 3.51. The average Bonchev–Trinajstić information content (AvgIpc) is 2.57. The van der Waals surface area contributed by atoms with Gasteiger partial charge in [-0.05, 0) is 37.5 Å². The summed E-state index contributed by atoms with van der Waals surface area (Å²) in [5.41, 5.74) is 4.38. The molecule has 1 aromatic carbocycles. The maximum absolute atomic E-state index is 3.51. The predicted molar refractivity (Wildman–Crippen MR) is 63.5 cm³/mol. The molecular formula is C13H18N2. The Labute approximate surface area is 91.3 Å². The van der Waals surface area contributed by atoms with Gasteiger partial charge in [0.05, 0.1) is 0 Å². The summed E-state index contributed by atoms with van der Waals surface area (Å²) in [5.74, 6) is 0. The second-order valence-corrected chi connectivity index (χ2v) is 4.90. The highest BCUT2D eigenvalue weighted by molar-refractivity contribution is 5.62. The molecule has 1 fully saturated rings. The number of hydrogen-bond acceptors (Lipinski definition) is 2. The van der Waals surface area contributed by atoms with Crippen molar-refractivity contribution in [3.05, 3.63) is 29.3 Å². The lowest BCUT2D eigenvalue weighted by atomic mass is 10.1. The summed E-state index contributed by atoms with van der Waals surface area (Å²) < 4.78 is 0. The third-order valence-electron chi connectivity index (χ3n) is 3.66. The van der Waals surface area contributed by atoms with Gasteiger partial charge in [0, 0.05) is 30.9 Å². The highest BCUT2D eigenvalue weighted by Gasteiger charge is 2.34. The van der Waals surface area contributed by atoms with Crippen molar-refractivity contribution in [1.29, 1.82) is 0 Å². The number of rotatable bonds is 0. The average molecular weight is 202 g/mol. The zero-order valence-electron chi connectivity index (χ0n) is 9.46. The van der Waals surface area contributed by atoms with E-state index in [1.807, 2.05) is 0 Å². The van der Waals surface area contributed by atoms with Crippen LogP contribution in [0.15, 0.2) is 18.2 Å². The fourth-order valence-corrected chi connectivity index (χ4v) is 2.96. The Morgan fingerprint density at radius 3 is 3.07 bits per heavy atom. The number of hydrogen-bond donors (Lipinski definition) is 1. The van der Waals surface area contributed by atoms with E-state index in [2.05, 4.69) is 42.3 Å². The predicted octanol–water partition coefficient (Wildman–Crippen LogP) is 1.72. The van der Waals surface area contributed by atoms with Crippen LogP contribution in [0.1, 0.15) is 18.1 Å². The van der Waals surface area contributed by atoms with Gasteiger partial charge in [0.15, 0.2) is 0 Å². The van der Waals surface area contributed by atoms with Gasteiger partial charge in [0.25, 0.3) is 0 Å². The molecule has 0 aromatic heterocycles. The topological polar surface area (TPSA) is 15.3 Å². The van der Waals surface area contributed by atoms with Gasteiger partial charge >= 0.3 is 0 Å². The minimum atomic E-state index is 0.631. The van der Waals surface area contributed by atoms with E-state index in [0.29, 0.717) is 12.1 Å². The molecule has 2 nitrogen and oxygen atoms in total. The lowest BCUT2D eigenvalue weighted by Crippen LogP contribution is -2.54. The first kappa shape index (κ1) is 9.22. The number of piperazine rings is 1. The number of aryl methyl sites for hydroxylation is 1. The zero-order valence-corrected chi connectivity index (χ0v) is 9.46. The van der Waals surface area contributed by atoms with Gasteiger partial charge < -0.3 is 10.2 Å². The molecule has 1 aromatic rings. The van der Waals surface area contributed by atoms with E-state index in [1.165, 1.54) is 23.2 Å². The van der Waals surface area contributed by atoms with Gasteiger partial charge in [0.2, 0.25) is 0 Å². The molecule has 80 valence electrons. The summed E-state index contributed by atoms with van der Waals surface area (Å²) >= 11 is 0. The highest BCUT2D eigenvalue weighted by atomic mass is 15.3. The molecule has 0 bridgehead atoms. The van der Waals surface area contributed by atoms with E-state index >= 15 is 0 Å². The molecule has 1 N–H and O–H groups in total. The molecule has 0 saturated carbocycles. The summed E-state index contributed by atoms with van der Waals surface area (Å²) in [7, 11) is 0. The second-order valence-electron chi connectivity index (χ2n) is 4.90. The van der Waals surface area contributed by atoms with Crippen LogP contribution in [-0.4, -0.2) is 25.2 Å². The first-order valence-electron chi connectivity index (χ1n) is 5.84. The maximum Gasteiger partial charge on any atom is 0.0459 e. The van der Waals surface area contributed by atoms with Crippen molar-refractivity contribution in [2.45, 2.75) is 32.4 Å². The van der Waals surface area contributed by atoms with Crippen LogP contribution in [-0.2, 0) is 6.42 Å². The Morgan fingerprint density at radius 2 is 2.20 bits per heavy atom.